The van der Waals surface area contributed by atoms with Crippen LogP contribution >= 0.6 is 0 Å². The van der Waals surface area contributed by atoms with Crippen LogP contribution in [0.3, 0.4) is 0 Å². The summed E-state index contributed by atoms with van der Waals surface area (Å²) in [5, 5.41) is 0. The number of rotatable bonds is 4. The quantitative estimate of drug-likeness (QED) is 0.595. The van der Waals surface area contributed by atoms with Crippen LogP contribution in [0.15, 0.2) is 84.5 Å². The Hall–Kier alpha value is -2.74. The average molecular weight is 340 g/mol. The molecule has 0 N–H and O–H groups in total. The summed E-state index contributed by atoms with van der Waals surface area (Å²) in [4.78, 5) is 26.1. The van der Waals surface area contributed by atoms with Crippen molar-refractivity contribution in [3.05, 3.63) is 95.6 Å². The summed E-state index contributed by atoms with van der Waals surface area (Å²) >= 11 is 0. The van der Waals surface area contributed by atoms with E-state index in [1.165, 1.54) is 0 Å². The largest absolute Gasteiger partial charge is 0.294 e. The van der Waals surface area contributed by atoms with E-state index in [1.807, 2.05) is 60.7 Å². The summed E-state index contributed by atoms with van der Waals surface area (Å²) in [7, 11) is 0. The van der Waals surface area contributed by atoms with Gasteiger partial charge in [-0.1, -0.05) is 78.9 Å². The highest BCUT2D eigenvalue weighted by Crippen LogP contribution is 2.58. The van der Waals surface area contributed by atoms with E-state index in [9.17, 15) is 9.59 Å². The van der Waals surface area contributed by atoms with Gasteiger partial charge >= 0.3 is 0 Å². The number of benzene rings is 2. The number of carbonyl (C=O) groups is 2. The van der Waals surface area contributed by atoms with Gasteiger partial charge in [-0.25, -0.2) is 0 Å². The van der Waals surface area contributed by atoms with Crippen molar-refractivity contribution in [1.29, 1.82) is 0 Å². The van der Waals surface area contributed by atoms with E-state index in [2.05, 4.69) is 18.2 Å². The fourth-order valence-corrected chi connectivity index (χ4v) is 5.22. The topological polar surface area (TPSA) is 34.1 Å². The molecule has 0 heterocycles. The van der Waals surface area contributed by atoms with Crippen molar-refractivity contribution in [3.63, 3.8) is 0 Å². The van der Waals surface area contributed by atoms with E-state index in [0.29, 0.717) is 11.8 Å². The molecule has 3 aliphatic carbocycles. The van der Waals surface area contributed by atoms with E-state index < -0.39 is 0 Å². The number of Topliss-reactive ketones (excluding diaryl/α,β-unsaturated/α-hetero) is 2. The van der Waals surface area contributed by atoms with E-state index in [0.717, 1.165) is 23.1 Å². The molecule has 2 bridgehead atoms. The van der Waals surface area contributed by atoms with Crippen molar-refractivity contribution >= 4 is 11.6 Å². The van der Waals surface area contributed by atoms with Crippen LogP contribution in [-0.2, 0) is 0 Å². The van der Waals surface area contributed by atoms with Gasteiger partial charge in [0.05, 0.1) is 0 Å². The lowest BCUT2D eigenvalue weighted by Gasteiger charge is -2.29. The first kappa shape index (κ1) is 15.5. The highest BCUT2D eigenvalue weighted by atomic mass is 16.1. The van der Waals surface area contributed by atoms with Crippen LogP contribution < -0.4 is 0 Å². The van der Waals surface area contributed by atoms with E-state index in [1.54, 1.807) is 0 Å². The van der Waals surface area contributed by atoms with Crippen molar-refractivity contribution in [2.24, 2.45) is 29.6 Å². The predicted octanol–water partition coefficient (Wildman–Crippen LogP) is 4.75. The third-order valence-corrected chi connectivity index (χ3v) is 6.34. The Morgan fingerprint density at radius 2 is 1.46 bits per heavy atom. The Morgan fingerprint density at radius 1 is 0.808 bits per heavy atom. The van der Waals surface area contributed by atoms with Crippen LogP contribution in [0.2, 0.25) is 0 Å². The van der Waals surface area contributed by atoms with Gasteiger partial charge in [-0.05, 0) is 35.7 Å². The zero-order chi connectivity index (χ0) is 17.7. The SMILES string of the molecule is O=C(C1=CC2CC1C1C(C(=O)c3ccccc3)C=CC21)c1ccccc1. The van der Waals surface area contributed by atoms with Crippen LogP contribution in [0, 0.1) is 29.6 Å². The monoisotopic (exact) mass is 340 g/mol. The Balaban J connectivity index is 1.44. The standard InChI is InChI=1S/C24H20O2/c25-23(15-7-3-1-4-8-15)19-12-11-18-17-13-20(22(18)19)21(14-17)24(26)16-9-5-2-6-10-16/h1-12,14,17-20,22H,13H2. The Bertz CT molecular complexity index is 923. The summed E-state index contributed by atoms with van der Waals surface area (Å²) in [6.07, 6.45) is 7.50. The lowest BCUT2D eigenvalue weighted by molar-refractivity contribution is 0.0879. The van der Waals surface area contributed by atoms with Crippen molar-refractivity contribution in [2.45, 2.75) is 6.42 Å². The molecular weight excluding hydrogens is 320 g/mol. The second-order valence-electron chi connectivity index (χ2n) is 7.62. The molecule has 1 fully saturated rings. The highest BCUT2D eigenvalue weighted by Gasteiger charge is 2.54. The molecule has 2 aromatic rings. The molecule has 0 radical (unpaired) electrons. The van der Waals surface area contributed by atoms with E-state index in [4.69, 9.17) is 0 Å². The number of carbonyl (C=O) groups excluding carboxylic acids is 2. The van der Waals surface area contributed by atoms with Crippen LogP contribution in [0.5, 0.6) is 0 Å². The number of ketones is 2. The van der Waals surface area contributed by atoms with Gasteiger partial charge in [-0.2, -0.15) is 0 Å². The second kappa shape index (κ2) is 5.91. The molecule has 0 aliphatic heterocycles. The summed E-state index contributed by atoms with van der Waals surface area (Å²) < 4.78 is 0. The Labute approximate surface area is 153 Å². The van der Waals surface area contributed by atoms with Crippen LogP contribution in [0.1, 0.15) is 27.1 Å². The van der Waals surface area contributed by atoms with E-state index in [-0.39, 0.29) is 29.3 Å². The number of fused-ring (bicyclic) bond motifs is 5. The first-order chi connectivity index (χ1) is 12.7. The normalized spacial score (nSPS) is 30.9. The van der Waals surface area contributed by atoms with Crippen molar-refractivity contribution in [3.8, 4) is 0 Å². The minimum atomic E-state index is -0.107. The predicted molar refractivity (Wildman–Crippen MR) is 101 cm³/mol. The van der Waals surface area contributed by atoms with Gasteiger partial charge in [0.15, 0.2) is 11.6 Å². The van der Waals surface area contributed by atoms with Crippen molar-refractivity contribution in [2.75, 3.05) is 0 Å². The maximum Gasteiger partial charge on any atom is 0.188 e. The number of allylic oxidation sites excluding steroid dienone is 4. The molecule has 128 valence electrons. The second-order valence-corrected chi connectivity index (χ2v) is 7.62. The molecule has 0 saturated heterocycles. The molecule has 1 saturated carbocycles. The van der Waals surface area contributed by atoms with E-state index >= 15 is 0 Å². The first-order valence-corrected chi connectivity index (χ1v) is 9.33. The van der Waals surface area contributed by atoms with Gasteiger partial charge in [0.2, 0.25) is 0 Å². The molecule has 0 spiro atoms. The Morgan fingerprint density at radius 3 is 2.15 bits per heavy atom. The zero-order valence-corrected chi connectivity index (χ0v) is 14.4. The van der Waals surface area contributed by atoms with Crippen LogP contribution in [0.4, 0.5) is 0 Å². The molecule has 0 aromatic heterocycles. The maximum absolute atomic E-state index is 13.1. The van der Waals surface area contributed by atoms with Crippen LogP contribution in [0.25, 0.3) is 0 Å². The maximum atomic E-state index is 13.1. The molecule has 3 aliphatic rings. The molecule has 26 heavy (non-hydrogen) atoms. The summed E-state index contributed by atoms with van der Waals surface area (Å²) in [5.41, 5.74) is 2.45. The molecule has 2 nitrogen and oxygen atoms in total. The molecule has 5 unspecified atom stereocenters. The minimum absolute atomic E-state index is 0.107. The first-order valence-electron chi connectivity index (χ1n) is 9.33. The fourth-order valence-electron chi connectivity index (χ4n) is 5.22. The van der Waals surface area contributed by atoms with Gasteiger partial charge < -0.3 is 0 Å². The minimum Gasteiger partial charge on any atom is -0.294 e. The highest BCUT2D eigenvalue weighted by molar-refractivity contribution is 6.09. The molecule has 5 atom stereocenters. The summed E-state index contributed by atoms with van der Waals surface area (Å²) in [6.45, 7) is 0. The van der Waals surface area contributed by atoms with Gasteiger partial charge in [-0.3, -0.25) is 9.59 Å². The fraction of sp³-hybridized carbons (Fsp3) is 0.250. The average Bonchev–Trinajstić information content (AvgIpc) is 3.40. The molecular formula is C24H20O2. The summed E-state index contributed by atoms with van der Waals surface area (Å²) in [5.74, 6) is 1.46. The molecule has 2 aromatic carbocycles. The van der Waals surface area contributed by atoms with Crippen LogP contribution in [-0.4, -0.2) is 11.6 Å². The lowest BCUT2D eigenvalue weighted by atomic mass is 9.73. The smallest absolute Gasteiger partial charge is 0.188 e. The van der Waals surface area contributed by atoms with Gasteiger partial charge in [0.25, 0.3) is 0 Å². The van der Waals surface area contributed by atoms with Gasteiger partial charge in [-0.15, -0.1) is 0 Å². The van der Waals surface area contributed by atoms with Crippen molar-refractivity contribution in [1.82, 2.24) is 0 Å². The summed E-state index contributed by atoms with van der Waals surface area (Å²) in [6, 6.07) is 19.0. The van der Waals surface area contributed by atoms with Crippen molar-refractivity contribution < 1.29 is 9.59 Å². The number of hydrogen-bond donors (Lipinski definition) is 0. The van der Waals surface area contributed by atoms with Gasteiger partial charge in [0.1, 0.15) is 0 Å². The third-order valence-electron chi connectivity index (χ3n) is 6.34. The number of hydrogen-bond acceptors (Lipinski definition) is 2. The van der Waals surface area contributed by atoms with Gasteiger partial charge in [0, 0.05) is 17.0 Å². The molecule has 0 amide bonds. The lowest BCUT2D eigenvalue weighted by Crippen LogP contribution is -2.30. The Kier molecular flexibility index (Phi) is 3.53. The molecule has 2 heteroatoms. The molecule has 5 rings (SSSR count). The zero-order valence-electron chi connectivity index (χ0n) is 14.4. The third kappa shape index (κ3) is 2.25.